The number of likely N-dealkylation sites (tertiary alicyclic amines) is 1. The molecule has 0 atom stereocenters. The molecule has 0 aromatic heterocycles. The standard InChI is InChI=1S/C21H18Cl2N2O3/c1-28-17-6-4-13(5-7-17)18-19(24-8-2-3-9-24)21(27)25(20(18)26)16-11-14(22)10-15(23)12-16/h4-7,10-12H,2-3,8-9H2,1H3. The number of carbonyl (C=O) groups excluding carboxylic acids is 2. The van der Waals surface area contributed by atoms with Crippen LogP contribution in [0.1, 0.15) is 18.4 Å². The first-order valence-electron chi connectivity index (χ1n) is 8.98. The van der Waals surface area contributed by atoms with E-state index in [1.807, 2.05) is 4.90 Å². The van der Waals surface area contributed by atoms with Crippen molar-refractivity contribution in [3.8, 4) is 5.75 Å². The van der Waals surface area contributed by atoms with Crippen molar-refractivity contribution in [1.29, 1.82) is 0 Å². The van der Waals surface area contributed by atoms with E-state index in [9.17, 15) is 9.59 Å². The molecular weight excluding hydrogens is 399 g/mol. The highest BCUT2D eigenvalue weighted by Gasteiger charge is 2.43. The summed E-state index contributed by atoms with van der Waals surface area (Å²) in [5.74, 6) is -0.0474. The molecule has 0 spiro atoms. The Bertz CT molecular complexity index is 959. The normalized spacial score (nSPS) is 17.1. The van der Waals surface area contributed by atoms with E-state index in [1.165, 1.54) is 0 Å². The van der Waals surface area contributed by atoms with Crippen molar-refractivity contribution in [2.45, 2.75) is 12.8 Å². The lowest BCUT2D eigenvalue weighted by atomic mass is 10.0. The topological polar surface area (TPSA) is 49.9 Å². The highest BCUT2D eigenvalue weighted by atomic mass is 35.5. The number of ether oxygens (including phenoxy) is 1. The second kappa shape index (κ2) is 7.49. The molecular formula is C21H18Cl2N2O3. The van der Waals surface area contributed by atoms with E-state index in [-0.39, 0.29) is 11.8 Å². The quantitative estimate of drug-likeness (QED) is 0.693. The first-order chi connectivity index (χ1) is 13.5. The van der Waals surface area contributed by atoms with Crippen LogP contribution < -0.4 is 9.64 Å². The molecule has 2 aliphatic heterocycles. The number of methoxy groups -OCH3 is 1. The largest absolute Gasteiger partial charge is 0.497 e. The van der Waals surface area contributed by atoms with Crippen molar-refractivity contribution >= 4 is 46.3 Å². The summed E-state index contributed by atoms with van der Waals surface area (Å²) in [5.41, 5.74) is 1.87. The summed E-state index contributed by atoms with van der Waals surface area (Å²) in [4.78, 5) is 29.8. The van der Waals surface area contributed by atoms with Crippen molar-refractivity contribution in [2.24, 2.45) is 0 Å². The number of nitrogens with zero attached hydrogens (tertiary/aromatic N) is 2. The fourth-order valence-electron chi connectivity index (χ4n) is 3.67. The molecule has 0 aliphatic carbocycles. The van der Waals surface area contributed by atoms with Crippen LogP contribution in [0.4, 0.5) is 5.69 Å². The van der Waals surface area contributed by atoms with Crippen LogP contribution in [-0.2, 0) is 9.59 Å². The molecule has 144 valence electrons. The number of rotatable bonds is 4. The van der Waals surface area contributed by atoms with Crippen molar-refractivity contribution in [1.82, 2.24) is 4.90 Å². The van der Waals surface area contributed by atoms with Crippen LogP contribution in [-0.4, -0.2) is 36.9 Å². The number of amides is 2. The summed E-state index contributed by atoms with van der Waals surface area (Å²) in [6.45, 7) is 1.50. The minimum atomic E-state index is -0.379. The predicted molar refractivity (Wildman–Crippen MR) is 110 cm³/mol. The summed E-state index contributed by atoms with van der Waals surface area (Å²) in [6.07, 6.45) is 1.98. The zero-order chi connectivity index (χ0) is 19.8. The molecule has 0 unspecified atom stereocenters. The Morgan fingerprint density at radius 3 is 2.07 bits per heavy atom. The number of carbonyl (C=O) groups is 2. The first kappa shape index (κ1) is 18.8. The Hall–Kier alpha value is -2.50. The molecule has 0 N–H and O–H groups in total. The number of halogens is 2. The van der Waals surface area contributed by atoms with Gasteiger partial charge in [-0.05, 0) is 48.7 Å². The maximum atomic E-state index is 13.4. The molecule has 2 amide bonds. The van der Waals surface area contributed by atoms with Crippen LogP contribution in [0.3, 0.4) is 0 Å². The monoisotopic (exact) mass is 416 g/mol. The summed E-state index contributed by atoms with van der Waals surface area (Å²) < 4.78 is 5.21. The van der Waals surface area contributed by atoms with Gasteiger partial charge in [-0.3, -0.25) is 9.59 Å². The zero-order valence-electron chi connectivity index (χ0n) is 15.2. The minimum Gasteiger partial charge on any atom is -0.497 e. The SMILES string of the molecule is COc1ccc(C2=C(N3CCCC3)C(=O)N(c3cc(Cl)cc(Cl)c3)C2=O)cc1. The van der Waals surface area contributed by atoms with Crippen LogP contribution in [0.15, 0.2) is 48.2 Å². The average molecular weight is 417 g/mol. The minimum absolute atomic E-state index is 0.351. The maximum absolute atomic E-state index is 13.4. The molecule has 2 heterocycles. The van der Waals surface area contributed by atoms with Gasteiger partial charge in [0.2, 0.25) is 0 Å². The Labute approximate surface area is 173 Å². The second-order valence-electron chi connectivity index (χ2n) is 6.72. The fourth-order valence-corrected chi connectivity index (χ4v) is 4.19. The molecule has 0 saturated carbocycles. The molecule has 0 bridgehead atoms. The predicted octanol–water partition coefficient (Wildman–Crippen LogP) is 4.38. The Kier molecular flexibility index (Phi) is 5.04. The van der Waals surface area contributed by atoms with Crippen LogP contribution in [0, 0.1) is 0 Å². The summed E-state index contributed by atoms with van der Waals surface area (Å²) in [7, 11) is 1.58. The summed E-state index contributed by atoms with van der Waals surface area (Å²) in [5, 5.41) is 0.729. The van der Waals surface area contributed by atoms with Gasteiger partial charge in [-0.15, -0.1) is 0 Å². The van der Waals surface area contributed by atoms with Crippen LogP contribution in [0.25, 0.3) is 5.57 Å². The van der Waals surface area contributed by atoms with E-state index < -0.39 is 0 Å². The average Bonchev–Trinajstić information content (AvgIpc) is 3.27. The Morgan fingerprint density at radius 1 is 0.893 bits per heavy atom. The first-order valence-corrected chi connectivity index (χ1v) is 9.73. The van der Waals surface area contributed by atoms with Gasteiger partial charge < -0.3 is 9.64 Å². The van der Waals surface area contributed by atoms with E-state index in [1.54, 1.807) is 49.6 Å². The van der Waals surface area contributed by atoms with E-state index in [2.05, 4.69) is 0 Å². The van der Waals surface area contributed by atoms with Crippen molar-refractivity contribution in [3.05, 3.63) is 63.8 Å². The molecule has 4 rings (SSSR count). The third-order valence-electron chi connectivity index (χ3n) is 4.97. The number of hydrogen-bond acceptors (Lipinski definition) is 4. The number of hydrogen-bond donors (Lipinski definition) is 0. The highest BCUT2D eigenvalue weighted by molar-refractivity contribution is 6.46. The van der Waals surface area contributed by atoms with E-state index in [0.717, 1.165) is 30.8 Å². The zero-order valence-corrected chi connectivity index (χ0v) is 16.8. The molecule has 2 aliphatic rings. The van der Waals surface area contributed by atoms with Crippen LogP contribution >= 0.6 is 23.2 Å². The third kappa shape index (κ3) is 3.25. The van der Waals surface area contributed by atoms with Crippen LogP contribution in [0.5, 0.6) is 5.75 Å². The number of imide groups is 1. The molecule has 1 saturated heterocycles. The van der Waals surface area contributed by atoms with Gasteiger partial charge >= 0.3 is 0 Å². The van der Waals surface area contributed by atoms with Crippen molar-refractivity contribution in [3.63, 3.8) is 0 Å². The van der Waals surface area contributed by atoms with Gasteiger partial charge in [-0.25, -0.2) is 4.90 Å². The van der Waals surface area contributed by atoms with Crippen molar-refractivity contribution < 1.29 is 14.3 Å². The smallest absolute Gasteiger partial charge is 0.282 e. The Morgan fingerprint density at radius 2 is 1.50 bits per heavy atom. The molecule has 5 nitrogen and oxygen atoms in total. The van der Waals surface area contributed by atoms with E-state index in [0.29, 0.717) is 38.3 Å². The van der Waals surface area contributed by atoms with Crippen LogP contribution in [0.2, 0.25) is 10.0 Å². The Balaban J connectivity index is 1.83. The molecule has 0 radical (unpaired) electrons. The lowest BCUT2D eigenvalue weighted by molar-refractivity contribution is -0.120. The molecule has 2 aromatic carbocycles. The molecule has 28 heavy (non-hydrogen) atoms. The van der Waals surface area contributed by atoms with Crippen molar-refractivity contribution in [2.75, 3.05) is 25.1 Å². The molecule has 7 heteroatoms. The third-order valence-corrected chi connectivity index (χ3v) is 5.40. The number of anilines is 1. The lowest BCUT2D eigenvalue weighted by Crippen LogP contribution is -2.34. The van der Waals surface area contributed by atoms with Gasteiger partial charge in [0.05, 0.1) is 18.4 Å². The molecule has 2 aromatic rings. The maximum Gasteiger partial charge on any atom is 0.282 e. The van der Waals surface area contributed by atoms with Gasteiger partial charge in [0.25, 0.3) is 11.8 Å². The van der Waals surface area contributed by atoms with Gasteiger partial charge in [-0.1, -0.05) is 35.3 Å². The van der Waals surface area contributed by atoms with Gasteiger partial charge in [0, 0.05) is 23.1 Å². The van der Waals surface area contributed by atoms with Gasteiger partial charge in [0.1, 0.15) is 11.4 Å². The fraction of sp³-hybridized carbons (Fsp3) is 0.238. The van der Waals surface area contributed by atoms with Gasteiger partial charge in [-0.2, -0.15) is 0 Å². The van der Waals surface area contributed by atoms with E-state index >= 15 is 0 Å². The number of benzene rings is 2. The summed E-state index contributed by atoms with van der Waals surface area (Å²) >= 11 is 12.2. The highest BCUT2D eigenvalue weighted by Crippen LogP contribution is 2.38. The van der Waals surface area contributed by atoms with E-state index in [4.69, 9.17) is 27.9 Å². The van der Waals surface area contributed by atoms with Gasteiger partial charge in [0.15, 0.2) is 0 Å². The second-order valence-corrected chi connectivity index (χ2v) is 7.59. The lowest BCUT2D eigenvalue weighted by Gasteiger charge is -2.20. The summed E-state index contributed by atoms with van der Waals surface area (Å²) in [6, 6.07) is 11.9. The molecule has 1 fully saturated rings.